The Bertz CT molecular complexity index is 829. The highest BCUT2D eigenvalue weighted by Crippen LogP contribution is 2.23. The lowest BCUT2D eigenvalue weighted by molar-refractivity contribution is 0.216. The van der Waals surface area contributed by atoms with Crippen LogP contribution in [-0.4, -0.2) is 27.3 Å². The van der Waals surface area contributed by atoms with Gasteiger partial charge in [0.25, 0.3) is 5.56 Å². The summed E-state index contributed by atoms with van der Waals surface area (Å²) in [6.07, 6.45) is 4.92. The van der Waals surface area contributed by atoms with Gasteiger partial charge in [0.05, 0.1) is 12.2 Å². The first kappa shape index (κ1) is 16.4. The molecule has 1 aliphatic heterocycles. The lowest BCUT2D eigenvalue weighted by atomic mass is 10.1. The summed E-state index contributed by atoms with van der Waals surface area (Å²) in [5, 5.41) is 4.54. The molecule has 0 bridgehead atoms. The van der Waals surface area contributed by atoms with Crippen LogP contribution < -0.4 is 5.56 Å². The van der Waals surface area contributed by atoms with Crippen molar-refractivity contribution in [1.29, 1.82) is 0 Å². The monoisotopic (exact) mass is 345 g/mol. The Labute approximate surface area is 145 Å². The van der Waals surface area contributed by atoms with Crippen LogP contribution in [0, 0.1) is 11.6 Å². The number of aromatic nitrogens is 2. The van der Waals surface area contributed by atoms with Gasteiger partial charge < -0.3 is 0 Å². The molecule has 1 atom stereocenters. The van der Waals surface area contributed by atoms with Crippen LogP contribution in [0.5, 0.6) is 0 Å². The molecule has 1 aromatic heterocycles. The number of nitrogens with zero attached hydrogens (tertiary/aromatic N) is 3. The quantitative estimate of drug-likeness (QED) is 0.855. The second kappa shape index (κ2) is 6.67. The molecule has 4 rings (SSSR count). The Hall–Kier alpha value is -2.08. The van der Waals surface area contributed by atoms with Gasteiger partial charge in [-0.3, -0.25) is 9.69 Å². The molecule has 2 aliphatic rings. The summed E-state index contributed by atoms with van der Waals surface area (Å²) < 4.78 is 28.4. The lowest BCUT2D eigenvalue weighted by Crippen LogP contribution is -2.37. The Morgan fingerprint density at radius 3 is 2.68 bits per heavy atom. The zero-order valence-electron chi connectivity index (χ0n) is 14.0. The fourth-order valence-electron chi connectivity index (χ4n) is 4.02. The Morgan fingerprint density at radius 1 is 1.08 bits per heavy atom. The van der Waals surface area contributed by atoms with Crippen LogP contribution >= 0.6 is 0 Å². The van der Waals surface area contributed by atoms with Crippen molar-refractivity contribution >= 4 is 0 Å². The molecule has 0 N–H and O–H groups in total. The minimum Gasteiger partial charge on any atom is -0.294 e. The number of aryl methyl sites for hydroxylation is 2. The minimum absolute atomic E-state index is 0.0516. The first-order chi connectivity index (χ1) is 12.1. The summed E-state index contributed by atoms with van der Waals surface area (Å²) in [6, 6.07) is 5.52. The van der Waals surface area contributed by atoms with Gasteiger partial charge in [-0.2, -0.15) is 5.10 Å². The molecule has 0 saturated carbocycles. The van der Waals surface area contributed by atoms with E-state index in [0.29, 0.717) is 18.7 Å². The van der Waals surface area contributed by atoms with E-state index in [2.05, 4.69) is 10.00 Å². The van der Waals surface area contributed by atoms with Crippen LogP contribution in [0.2, 0.25) is 0 Å². The zero-order valence-corrected chi connectivity index (χ0v) is 14.0. The predicted molar refractivity (Wildman–Crippen MR) is 90.3 cm³/mol. The second-order valence-corrected chi connectivity index (χ2v) is 7.03. The first-order valence-electron chi connectivity index (χ1n) is 8.87. The average molecular weight is 345 g/mol. The van der Waals surface area contributed by atoms with Crippen molar-refractivity contribution in [1.82, 2.24) is 14.7 Å². The zero-order chi connectivity index (χ0) is 17.4. The molecule has 1 aliphatic carbocycles. The van der Waals surface area contributed by atoms with Gasteiger partial charge in [0.15, 0.2) is 0 Å². The van der Waals surface area contributed by atoms with Crippen molar-refractivity contribution in [3.63, 3.8) is 0 Å². The number of benzene rings is 1. The van der Waals surface area contributed by atoms with E-state index < -0.39 is 11.6 Å². The molecule has 25 heavy (non-hydrogen) atoms. The number of fused-ring (bicyclic) bond motifs is 1. The van der Waals surface area contributed by atoms with Gasteiger partial charge in [0.1, 0.15) is 11.6 Å². The molecule has 132 valence electrons. The highest BCUT2D eigenvalue weighted by molar-refractivity contribution is 5.22. The van der Waals surface area contributed by atoms with Gasteiger partial charge in [0.2, 0.25) is 0 Å². The van der Waals surface area contributed by atoms with Gasteiger partial charge in [0, 0.05) is 24.7 Å². The van der Waals surface area contributed by atoms with Gasteiger partial charge >= 0.3 is 0 Å². The van der Waals surface area contributed by atoms with E-state index in [9.17, 15) is 13.6 Å². The molecule has 1 fully saturated rings. The van der Waals surface area contributed by atoms with E-state index in [1.54, 1.807) is 10.7 Å². The van der Waals surface area contributed by atoms with Crippen molar-refractivity contribution in [2.75, 3.05) is 6.54 Å². The van der Waals surface area contributed by atoms with Gasteiger partial charge in [-0.25, -0.2) is 13.5 Å². The summed E-state index contributed by atoms with van der Waals surface area (Å²) in [7, 11) is 0. The molecule has 2 heterocycles. The fraction of sp³-hybridized carbons (Fsp3) is 0.474. The maximum absolute atomic E-state index is 13.4. The number of likely N-dealkylation sites (tertiary alicyclic amines) is 1. The number of hydrogen-bond acceptors (Lipinski definition) is 3. The third-order valence-corrected chi connectivity index (χ3v) is 5.21. The van der Waals surface area contributed by atoms with E-state index >= 15 is 0 Å². The number of halogens is 2. The third-order valence-electron chi connectivity index (χ3n) is 5.21. The van der Waals surface area contributed by atoms with E-state index in [0.717, 1.165) is 56.0 Å². The van der Waals surface area contributed by atoms with Gasteiger partial charge in [-0.05, 0) is 61.9 Å². The smallest absolute Gasteiger partial charge is 0.267 e. The normalized spacial score (nSPS) is 20.2. The average Bonchev–Trinajstić information content (AvgIpc) is 3.16. The van der Waals surface area contributed by atoms with Crippen molar-refractivity contribution in [2.24, 2.45) is 0 Å². The second-order valence-electron chi connectivity index (χ2n) is 7.03. The topological polar surface area (TPSA) is 38.1 Å². The Morgan fingerprint density at radius 2 is 1.88 bits per heavy atom. The summed E-state index contributed by atoms with van der Waals surface area (Å²) in [4.78, 5) is 14.5. The van der Waals surface area contributed by atoms with Crippen LogP contribution in [0.3, 0.4) is 0 Å². The maximum Gasteiger partial charge on any atom is 0.267 e. The third kappa shape index (κ3) is 3.49. The standard InChI is InChI=1S/C19H21F2N3O/c20-15-7-13(8-16(21)10-15)11-23-6-2-4-17(23)12-24-19(25)9-14-3-1-5-18(14)22-24/h7-10,17H,1-6,11-12H2. The lowest BCUT2D eigenvalue weighted by Gasteiger charge is -2.25. The van der Waals surface area contributed by atoms with Gasteiger partial charge in [-0.1, -0.05) is 0 Å². The predicted octanol–water partition coefficient (Wildman–Crippen LogP) is 2.67. The maximum atomic E-state index is 13.4. The number of hydrogen-bond donors (Lipinski definition) is 0. The summed E-state index contributed by atoms with van der Waals surface area (Å²) in [5.74, 6) is -1.11. The summed E-state index contributed by atoms with van der Waals surface area (Å²) in [6.45, 7) is 1.88. The summed E-state index contributed by atoms with van der Waals surface area (Å²) >= 11 is 0. The Kier molecular flexibility index (Phi) is 4.37. The van der Waals surface area contributed by atoms with Crippen molar-refractivity contribution in [3.05, 3.63) is 63.1 Å². The van der Waals surface area contributed by atoms with Crippen LogP contribution in [0.15, 0.2) is 29.1 Å². The molecule has 4 nitrogen and oxygen atoms in total. The van der Waals surface area contributed by atoms with Gasteiger partial charge in [-0.15, -0.1) is 0 Å². The van der Waals surface area contributed by atoms with Crippen LogP contribution in [0.25, 0.3) is 0 Å². The molecular formula is C19H21F2N3O. The molecule has 6 heteroatoms. The van der Waals surface area contributed by atoms with Crippen molar-refractivity contribution in [2.45, 2.75) is 51.2 Å². The fourth-order valence-corrected chi connectivity index (χ4v) is 4.02. The van der Waals surface area contributed by atoms with E-state index in [1.165, 1.54) is 12.1 Å². The Balaban J connectivity index is 1.51. The number of rotatable bonds is 4. The minimum atomic E-state index is -0.553. The molecule has 1 saturated heterocycles. The summed E-state index contributed by atoms with van der Waals surface area (Å²) in [5.41, 5.74) is 2.69. The highest BCUT2D eigenvalue weighted by atomic mass is 19.1. The molecule has 0 amide bonds. The van der Waals surface area contributed by atoms with Crippen molar-refractivity contribution < 1.29 is 8.78 Å². The van der Waals surface area contributed by atoms with Crippen LogP contribution in [0.1, 0.15) is 36.1 Å². The van der Waals surface area contributed by atoms with E-state index in [1.807, 2.05) is 0 Å². The highest BCUT2D eigenvalue weighted by Gasteiger charge is 2.26. The largest absolute Gasteiger partial charge is 0.294 e. The molecule has 2 aromatic rings. The van der Waals surface area contributed by atoms with Crippen molar-refractivity contribution in [3.8, 4) is 0 Å². The molecule has 1 aromatic carbocycles. The van der Waals surface area contributed by atoms with Crippen LogP contribution in [-0.2, 0) is 25.9 Å². The first-order valence-corrected chi connectivity index (χ1v) is 8.87. The SMILES string of the molecule is O=c1cc2c(nn1CC1CCCN1Cc1cc(F)cc(F)c1)CCC2. The molecule has 1 unspecified atom stereocenters. The van der Waals surface area contributed by atoms with Crippen LogP contribution in [0.4, 0.5) is 8.78 Å². The molecule has 0 spiro atoms. The van der Waals surface area contributed by atoms with E-state index in [-0.39, 0.29) is 11.6 Å². The molecular weight excluding hydrogens is 324 g/mol. The molecule has 0 radical (unpaired) electrons. The van der Waals surface area contributed by atoms with E-state index in [4.69, 9.17) is 0 Å².